The number of hydrogen-bond acceptors (Lipinski definition) is 6. The zero-order valence-electron chi connectivity index (χ0n) is 11.7. The highest BCUT2D eigenvalue weighted by Gasteiger charge is 2.19. The van der Waals surface area contributed by atoms with Crippen LogP contribution >= 0.6 is 11.8 Å². The average Bonchev–Trinajstić information content (AvgIpc) is 3.04. The third kappa shape index (κ3) is 5.07. The molecule has 0 unspecified atom stereocenters. The van der Waals surface area contributed by atoms with Crippen LogP contribution in [0.15, 0.2) is 30.3 Å². The molecule has 2 rings (SSSR count). The molecule has 0 aliphatic heterocycles. The van der Waals surface area contributed by atoms with E-state index in [1.54, 1.807) is 11.8 Å². The minimum absolute atomic E-state index is 0.230. The molecule has 112 valence electrons. The summed E-state index contributed by atoms with van der Waals surface area (Å²) >= 11 is 1.69. The van der Waals surface area contributed by atoms with E-state index in [2.05, 4.69) is 25.9 Å². The van der Waals surface area contributed by atoms with Crippen molar-refractivity contribution in [2.75, 3.05) is 12.0 Å². The fraction of sp³-hybridized carbons (Fsp3) is 0.385. The van der Waals surface area contributed by atoms with Gasteiger partial charge in [0, 0.05) is 0 Å². The van der Waals surface area contributed by atoms with Crippen LogP contribution in [0.4, 0.5) is 4.79 Å². The number of carbonyl (C=O) groups excluding carboxylic acids is 1. The molecule has 0 saturated heterocycles. The van der Waals surface area contributed by atoms with Crippen molar-refractivity contribution >= 4 is 17.9 Å². The summed E-state index contributed by atoms with van der Waals surface area (Å²) in [6.07, 6.45) is 2.22. The van der Waals surface area contributed by atoms with E-state index in [-0.39, 0.29) is 12.6 Å². The first-order valence-electron chi connectivity index (χ1n) is 6.49. The molecule has 2 N–H and O–H groups in total. The lowest BCUT2D eigenvalue weighted by molar-refractivity contribution is 0.135. The Bertz CT molecular complexity index is 535. The molecular formula is C13H17N5O2S. The number of amides is 1. The second-order valence-corrected chi connectivity index (χ2v) is 5.30. The topological polar surface area (TPSA) is 92.8 Å². The first-order valence-corrected chi connectivity index (χ1v) is 7.88. The first kappa shape index (κ1) is 15.3. The minimum Gasteiger partial charge on any atom is -0.445 e. The van der Waals surface area contributed by atoms with Crippen LogP contribution in [-0.2, 0) is 11.3 Å². The number of tetrazole rings is 1. The predicted octanol–water partition coefficient (Wildman–Crippen LogP) is 1.92. The number of benzene rings is 1. The lowest BCUT2D eigenvalue weighted by Gasteiger charge is -2.14. The molecule has 0 saturated carbocycles. The molecule has 0 aliphatic rings. The Balaban J connectivity index is 1.86. The van der Waals surface area contributed by atoms with Gasteiger partial charge in [0.05, 0.1) is 6.04 Å². The molecule has 1 aromatic heterocycles. The first-order chi connectivity index (χ1) is 10.3. The van der Waals surface area contributed by atoms with E-state index in [1.165, 1.54) is 0 Å². The molecule has 7 nitrogen and oxygen atoms in total. The Morgan fingerprint density at radius 3 is 2.90 bits per heavy atom. The van der Waals surface area contributed by atoms with Gasteiger partial charge in [0.2, 0.25) is 0 Å². The summed E-state index contributed by atoms with van der Waals surface area (Å²) < 4.78 is 5.19. The Morgan fingerprint density at radius 2 is 2.24 bits per heavy atom. The van der Waals surface area contributed by atoms with Gasteiger partial charge in [-0.05, 0) is 24.0 Å². The van der Waals surface area contributed by atoms with Gasteiger partial charge in [-0.15, -0.1) is 10.2 Å². The number of hydrogen-bond donors (Lipinski definition) is 2. The molecule has 21 heavy (non-hydrogen) atoms. The molecule has 2 aromatic rings. The fourth-order valence-electron chi connectivity index (χ4n) is 1.73. The van der Waals surface area contributed by atoms with Gasteiger partial charge in [-0.1, -0.05) is 35.5 Å². The van der Waals surface area contributed by atoms with Crippen LogP contribution in [0, 0.1) is 0 Å². The maximum atomic E-state index is 11.9. The van der Waals surface area contributed by atoms with Crippen molar-refractivity contribution in [3.63, 3.8) is 0 Å². The number of carbonyl (C=O) groups is 1. The zero-order valence-corrected chi connectivity index (χ0v) is 12.5. The lowest BCUT2D eigenvalue weighted by atomic mass is 10.2. The number of alkyl carbamates (subject to hydrolysis) is 1. The van der Waals surface area contributed by atoms with E-state index in [0.717, 1.165) is 11.3 Å². The smallest absolute Gasteiger partial charge is 0.408 e. The summed E-state index contributed by atoms with van der Waals surface area (Å²) in [5.74, 6) is 1.33. The Hall–Kier alpha value is -2.09. The largest absolute Gasteiger partial charge is 0.445 e. The minimum atomic E-state index is -0.491. The molecule has 1 heterocycles. The average molecular weight is 307 g/mol. The molecule has 1 amide bonds. The summed E-state index contributed by atoms with van der Waals surface area (Å²) in [7, 11) is 0. The van der Waals surface area contributed by atoms with Crippen molar-refractivity contribution in [3.8, 4) is 0 Å². The Morgan fingerprint density at radius 1 is 1.43 bits per heavy atom. The van der Waals surface area contributed by atoms with E-state index >= 15 is 0 Å². The van der Waals surface area contributed by atoms with E-state index < -0.39 is 6.09 Å². The fourth-order valence-corrected chi connectivity index (χ4v) is 2.20. The van der Waals surface area contributed by atoms with E-state index in [4.69, 9.17) is 4.74 Å². The molecule has 1 atom stereocenters. The van der Waals surface area contributed by atoms with Crippen molar-refractivity contribution in [3.05, 3.63) is 41.7 Å². The molecular weight excluding hydrogens is 290 g/mol. The van der Waals surface area contributed by atoms with Gasteiger partial charge in [0.25, 0.3) is 0 Å². The molecule has 0 aliphatic carbocycles. The summed E-state index contributed by atoms with van der Waals surface area (Å²) in [6.45, 7) is 0.230. The summed E-state index contributed by atoms with van der Waals surface area (Å²) in [4.78, 5) is 11.9. The standard InChI is InChI=1S/C13H17N5O2S/c1-21-8-7-11(12-15-17-18-16-12)14-13(19)20-9-10-5-3-2-4-6-10/h2-6,11H,7-9H2,1H3,(H,14,19)(H,15,16,17,18)/t11-/m1/s1. The van der Waals surface area contributed by atoms with Gasteiger partial charge in [0.1, 0.15) is 6.61 Å². The number of ether oxygens (including phenoxy) is 1. The predicted molar refractivity (Wildman–Crippen MR) is 79.7 cm³/mol. The summed E-state index contributed by atoms with van der Waals surface area (Å²) in [5.41, 5.74) is 0.938. The van der Waals surface area contributed by atoms with Crippen LogP contribution in [0.5, 0.6) is 0 Å². The molecule has 0 radical (unpaired) electrons. The quantitative estimate of drug-likeness (QED) is 0.812. The van der Waals surface area contributed by atoms with Gasteiger partial charge < -0.3 is 10.1 Å². The van der Waals surface area contributed by atoms with Crippen molar-refractivity contribution in [1.29, 1.82) is 0 Å². The van der Waals surface area contributed by atoms with E-state index in [0.29, 0.717) is 12.2 Å². The zero-order chi connectivity index (χ0) is 14.9. The van der Waals surface area contributed by atoms with Crippen LogP contribution in [0.25, 0.3) is 0 Å². The van der Waals surface area contributed by atoms with Gasteiger partial charge in [-0.3, -0.25) is 0 Å². The van der Waals surface area contributed by atoms with E-state index in [1.807, 2.05) is 36.6 Å². The van der Waals surface area contributed by atoms with Gasteiger partial charge in [-0.25, -0.2) is 4.79 Å². The van der Waals surface area contributed by atoms with Crippen molar-refractivity contribution < 1.29 is 9.53 Å². The number of nitrogens with zero attached hydrogens (tertiary/aromatic N) is 3. The summed E-state index contributed by atoms with van der Waals surface area (Å²) in [6, 6.07) is 9.21. The Kier molecular flexibility index (Phi) is 6.01. The second kappa shape index (κ2) is 8.25. The normalized spacial score (nSPS) is 11.9. The van der Waals surface area contributed by atoms with Crippen molar-refractivity contribution in [2.45, 2.75) is 19.1 Å². The maximum Gasteiger partial charge on any atom is 0.408 e. The highest BCUT2D eigenvalue weighted by Crippen LogP contribution is 2.14. The monoisotopic (exact) mass is 307 g/mol. The number of nitrogens with one attached hydrogen (secondary N) is 2. The third-order valence-electron chi connectivity index (χ3n) is 2.79. The number of H-pyrrole nitrogens is 1. The number of aromatic nitrogens is 4. The van der Waals surface area contributed by atoms with Crippen LogP contribution in [0.2, 0.25) is 0 Å². The van der Waals surface area contributed by atoms with Crippen molar-refractivity contribution in [2.24, 2.45) is 0 Å². The maximum absolute atomic E-state index is 11.9. The molecule has 0 fully saturated rings. The van der Waals surface area contributed by atoms with Crippen LogP contribution in [0.1, 0.15) is 23.9 Å². The van der Waals surface area contributed by atoms with Gasteiger partial charge >= 0.3 is 6.09 Å². The molecule has 8 heteroatoms. The SMILES string of the molecule is CSCC[C@@H](NC(=O)OCc1ccccc1)c1nn[nH]n1. The molecule has 0 spiro atoms. The van der Waals surface area contributed by atoms with Crippen LogP contribution in [-0.4, -0.2) is 38.7 Å². The van der Waals surface area contributed by atoms with Gasteiger partial charge in [0.15, 0.2) is 5.82 Å². The summed E-state index contributed by atoms with van der Waals surface area (Å²) in [5, 5.41) is 16.5. The number of rotatable bonds is 7. The highest BCUT2D eigenvalue weighted by molar-refractivity contribution is 7.98. The lowest BCUT2D eigenvalue weighted by Crippen LogP contribution is -2.30. The van der Waals surface area contributed by atoms with Crippen LogP contribution in [0.3, 0.4) is 0 Å². The number of thioether (sulfide) groups is 1. The second-order valence-electron chi connectivity index (χ2n) is 4.31. The van der Waals surface area contributed by atoms with Gasteiger partial charge in [-0.2, -0.15) is 17.0 Å². The molecule has 0 bridgehead atoms. The van der Waals surface area contributed by atoms with Crippen molar-refractivity contribution in [1.82, 2.24) is 25.9 Å². The van der Waals surface area contributed by atoms with Crippen LogP contribution < -0.4 is 5.32 Å². The highest BCUT2D eigenvalue weighted by atomic mass is 32.2. The Labute approximate surface area is 126 Å². The molecule has 1 aromatic carbocycles. The number of aromatic amines is 1. The van der Waals surface area contributed by atoms with E-state index in [9.17, 15) is 4.79 Å². The third-order valence-corrected chi connectivity index (χ3v) is 3.43.